The average Bonchev–Trinajstić information content (AvgIpc) is 3.32. The maximum atomic E-state index is 12.0. The van der Waals surface area contributed by atoms with Crippen molar-refractivity contribution in [3.05, 3.63) is 83.3 Å². The molecule has 2 aromatic carbocycles. The number of benzene rings is 2. The number of rotatable bonds is 11. The third-order valence-corrected chi connectivity index (χ3v) is 6.29. The summed E-state index contributed by atoms with van der Waals surface area (Å²) in [6, 6.07) is 18.0. The van der Waals surface area contributed by atoms with E-state index in [-0.39, 0.29) is 12.1 Å². The van der Waals surface area contributed by atoms with E-state index in [1.165, 1.54) is 15.6 Å². The number of ether oxygens (including phenoxy) is 2. The van der Waals surface area contributed by atoms with Crippen molar-refractivity contribution < 1.29 is 34.1 Å². The lowest BCUT2D eigenvalue weighted by molar-refractivity contribution is -0.134. The van der Waals surface area contributed by atoms with Crippen molar-refractivity contribution in [1.29, 1.82) is 0 Å². The standard InChI is InChI=1S/C23H25NO3S.C4H4O4/c25-23(19-5-2-1-3-6-19)27-21-16-24(17-21)11-4-12-26-13-9-18-7-8-22-20(15-18)10-14-28-22;5-3(6)1-2-4(7)8/h1-3,5-8,10,14-15,21H,4,9,11-13,16-17H2;1-2H,(H,5,6)(H,7,8). The summed E-state index contributed by atoms with van der Waals surface area (Å²) >= 11 is 1.78. The van der Waals surface area contributed by atoms with Gasteiger partial charge in [0.05, 0.1) is 12.2 Å². The van der Waals surface area contributed by atoms with Gasteiger partial charge in [-0.1, -0.05) is 30.3 Å². The van der Waals surface area contributed by atoms with E-state index >= 15 is 0 Å². The molecule has 1 fully saturated rings. The van der Waals surface area contributed by atoms with Crippen LogP contribution < -0.4 is 0 Å². The SMILES string of the molecule is O=C(O)C=CC(=O)O.O=C(OC1CN(CCCOCCc2ccc3sccc3c2)C1)c1ccccc1. The molecule has 0 atom stereocenters. The van der Waals surface area contributed by atoms with Crippen molar-refractivity contribution in [3.63, 3.8) is 0 Å². The summed E-state index contributed by atoms with van der Waals surface area (Å²) in [6.45, 7) is 4.15. The molecule has 2 N–H and O–H groups in total. The van der Waals surface area contributed by atoms with Crippen LogP contribution in [-0.2, 0) is 25.5 Å². The van der Waals surface area contributed by atoms with Gasteiger partial charge >= 0.3 is 17.9 Å². The number of thiophene rings is 1. The zero-order valence-electron chi connectivity index (χ0n) is 19.7. The third kappa shape index (κ3) is 9.26. The quantitative estimate of drug-likeness (QED) is 0.225. The number of aliphatic carboxylic acids is 2. The molecule has 3 aromatic rings. The number of hydrogen-bond acceptors (Lipinski definition) is 7. The molecule has 1 aliphatic heterocycles. The smallest absolute Gasteiger partial charge is 0.338 e. The van der Waals surface area contributed by atoms with Gasteiger partial charge in [0.15, 0.2) is 0 Å². The monoisotopic (exact) mass is 511 g/mol. The van der Waals surface area contributed by atoms with Crippen molar-refractivity contribution in [2.45, 2.75) is 18.9 Å². The van der Waals surface area contributed by atoms with Gasteiger partial charge in [-0.2, -0.15) is 0 Å². The first kappa shape index (κ1) is 27.1. The second-order valence-corrected chi connectivity index (χ2v) is 9.12. The van der Waals surface area contributed by atoms with E-state index < -0.39 is 11.9 Å². The van der Waals surface area contributed by atoms with Crippen molar-refractivity contribution in [2.24, 2.45) is 0 Å². The molecule has 1 aliphatic rings. The summed E-state index contributed by atoms with van der Waals surface area (Å²) in [5.74, 6) is -2.74. The van der Waals surface area contributed by atoms with Gasteiger partial charge in [0.25, 0.3) is 0 Å². The average molecular weight is 512 g/mol. The van der Waals surface area contributed by atoms with Crippen molar-refractivity contribution in [3.8, 4) is 0 Å². The Morgan fingerprint density at radius 3 is 2.39 bits per heavy atom. The highest BCUT2D eigenvalue weighted by Gasteiger charge is 2.29. The summed E-state index contributed by atoms with van der Waals surface area (Å²) in [5.41, 5.74) is 1.95. The van der Waals surface area contributed by atoms with Crippen LogP contribution in [0.15, 0.2) is 72.1 Å². The first-order valence-corrected chi connectivity index (χ1v) is 12.4. The lowest BCUT2D eigenvalue weighted by atomic mass is 10.1. The fourth-order valence-corrected chi connectivity index (χ4v) is 4.34. The van der Waals surface area contributed by atoms with Crippen molar-refractivity contribution in [2.75, 3.05) is 32.8 Å². The molecule has 9 heteroatoms. The van der Waals surface area contributed by atoms with Crippen molar-refractivity contribution >= 4 is 39.3 Å². The minimum absolute atomic E-state index is 0.0145. The fourth-order valence-electron chi connectivity index (χ4n) is 3.57. The van der Waals surface area contributed by atoms with Gasteiger partial charge in [-0.25, -0.2) is 14.4 Å². The van der Waals surface area contributed by atoms with E-state index in [2.05, 4.69) is 34.5 Å². The Bertz CT molecular complexity index is 1150. The zero-order valence-corrected chi connectivity index (χ0v) is 20.6. The molecule has 0 amide bonds. The molecule has 0 saturated carbocycles. The number of carboxylic acids is 2. The summed E-state index contributed by atoms with van der Waals surface area (Å²) in [6.07, 6.45) is 3.08. The van der Waals surface area contributed by atoms with Gasteiger partial charge in [0.1, 0.15) is 6.10 Å². The molecule has 2 heterocycles. The maximum Gasteiger partial charge on any atom is 0.338 e. The molecule has 1 aromatic heterocycles. The maximum absolute atomic E-state index is 12.0. The molecule has 0 spiro atoms. The van der Waals surface area contributed by atoms with Gasteiger partial charge in [-0.05, 0) is 53.4 Å². The number of nitrogens with zero attached hydrogens (tertiary/aromatic N) is 1. The van der Waals surface area contributed by atoms with Crippen LogP contribution in [0.2, 0.25) is 0 Å². The second-order valence-electron chi connectivity index (χ2n) is 8.17. The van der Waals surface area contributed by atoms with Crippen LogP contribution in [0.4, 0.5) is 0 Å². The van der Waals surface area contributed by atoms with E-state index in [1.54, 1.807) is 23.5 Å². The molecule has 4 rings (SSSR count). The predicted octanol–water partition coefficient (Wildman–Crippen LogP) is 4.10. The summed E-state index contributed by atoms with van der Waals surface area (Å²) in [5, 5.41) is 19.1. The first-order valence-electron chi connectivity index (χ1n) is 11.6. The highest BCUT2D eigenvalue weighted by molar-refractivity contribution is 7.17. The van der Waals surface area contributed by atoms with Crippen LogP contribution in [0.5, 0.6) is 0 Å². The minimum atomic E-state index is -1.26. The molecule has 190 valence electrons. The summed E-state index contributed by atoms with van der Waals surface area (Å²) in [7, 11) is 0. The fraction of sp³-hybridized carbons (Fsp3) is 0.296. The van der Waals surface area contributed by atoms with Crippen LogP contribution in [-0.4, -0.2) is 72.0 Å². The molecule has 0 aliphatic carbocycles. The van der Waals surface area contributed by atoms with Gasteiger partial charge in [-0.3, -0.25) is 4.90 Å². The van der Waals surface area contributed by atoms with E-state index in [4.69, 9.17) is 19.7 Å². The van der Waals surface area contributed by atoms with Crippen LogP contribution in [0.1, 0.15) is 22.3 Å². The molecule has 1 saturated heterocycles. The lowest BCUT2D eigenvalue weighted by Gasteiger charge is -2.38. The number of esters is 1. The van der Waals surface area contributed by atoms with Crippen LogP contribution >= 0.6 is 11.3 Å². The van der Waals surface area contributed by atoms with E-state index in [0.29, 0.717) is 17.7 Å². The third-order valence-electron chi connectivity index (χ3n) is 5.39. The molecular weight excluding hydrogens is 482 g/mol. The number of carbonyl (C=O) groups is 3. The van der Waals surface area contributed by atoms with Gasteiger partial charge in [-0.15, -0.1) is 11.3 Å². The van der Waals surface area contributed by atoms with Crippen LogP contribution in [0, 0.1) is 0 Å². The number of likely N-dealkylation sites (tertiary alicyclic amines) is 1. The molecule has 0 unspecified atom stereocenters. The number of hydrogen-bond donors (Lipinski definition) is 2. The predicted molar refractivity (Wildman–Crippen MR) is 137 cm³/mol. The highest BCUT2D eigenvalue weighted by Crippen LogP contribution is 2.22. The molecular formula is C27H29NO7S. The number of carbonyl (C=O) groups excluding carboxylic acids is 1. The van der Waals surface area contributed by atoms with Crippen LogP contribution in [0.3, 0.4) is 0 Å². The Kier molecular flexibility index (Phi) is 10.6. The summed E-state index contributed by atoms with van der Waals surface area (Å²) in [4.78, 5) is 33.4. The Morgan fingerprint density at radius 1 is 0.972 bits per heavy atom. The Hall–Kier alpha value is -3.53. The zero-order chi connectivity index (χ0) is 25.8. The normalized spacial score (nSPS) is 13.7. The lowest BCUT2D eigenvalue weighted by Crippen LogP contribution is -2.53. The molecule has 0 radical (unpaired) electrons. The van der Waals surface area contributed by atoms with E-state index in [0.717, 1.165) is 45.7 Å². The Balaban J connectivity index is 0.000000392. The van der Waals surface area contributed by atoms with Gasteiger partial charge in [0, 0.05) is 43.1 Å². The Morgan fingerprint density at radius 2 is 1.69 bits per heavy atom. The largest absolute Gasteiger partial charge is 0.478 e. The minimum Gasteiger partial charge on any atom is -0.478 e. The number of carboxylic acid groups (broad SMARTS) is 2. The van der Waals surface area contributed by atoms with Gasteiger partial charge < -0.3 is 19.7 Å². The molecule has 8 nitrogen and oxygen atoms in total. The summed E-state index contributed by atoms with van der Waals surface area (Å²) < 4.78 is 12.6. The second kappa shape index (κ2) is 14.1. The van der Waals surface area contributed by atoms with Crippen LogP contribution in [0.25, 0.3) is 10.1 Å². The highest BCUT2D eigenvalue weighted by atomic mass is 32.1. The first-order chi connectivity index (χ1) is 17.4. The van der Waals surface area contributed by atoms with E-state index in [1.807, 2.05) is 18.2 Å². The Labute approximate surface area is 213 Å². The molecule has 0 bridgehead atoms. The molecule has 36 heavy (non-hydrogen) atoms. The van der Waals surface area contributed by atoms with Crippen molar-refractivity contribution in [1.82, 2.24) is 4.90 Å². The van der Waals surface area contributed by atoms with E-state index in [9.17, 15) is 14.4 Å². The van der Waals surface area contributed by atoms with Gasteiger partial charge in [0.2, 0.25) is 0 Å². The number of fused-ring (bicyclic) bond motifs is 1. The topological polar surface area (TPSA) is 113 Å².